The molecule has 1 N–H and O–H groups in total. The Morgan fingerprint density at radius 3 is 2.79 bits per heavy atom. The van der Waals surface area contributed by atoms with Crippen molar-refractivity contribution in [1.82, 2.24) is 9.78 Å². The molecule has 1 aromatic rings. The van der Waals surface area contributed by atoms with E-state index in [0.717, 1.165) is 12.8 Å². The molecule has 1 heterocycles. The number of aliphatic hydroxyl groups excluding tert-OH is 1. The first-order chi connectivity index (χ1) is 6.70. The lowest BCUT2D eigenvalue weighted by molar-refractivity contribution is 0.134. The van der Waals surface area contributed by atoms with Crippen LogP contribution in [0.1, 0.15) is 37.4 Å². The van der Waals surface area contributed by atoms with Crippen molar-refractivity contribution < 1.29 is 13.9 Å². The molecule has 0 aliphatic heterocycles. The molecule has 80 valence electrons. The number of unbranched alkanes of at least 4 members (excludes halogenated alkanes) is 1. The summed E-state index contributed by atoms with van der Waals surface area (Å²) in [6, 6.07) is 0. The second kappa shape index (κ2) is 5.05. The summed E-state index contributed by atoms with van der Waals surface area (Å²) >= 11 is 0. The minimum Gasteiger partial charge on any atom is -0.392 e. The lowest BCUT2D eigenvalue weighted by atomic mass is 10.2. The van der Waals surface area contributed by atoms with E-state index in [4.69, 9.17) is 5.11 Å². The third-order valence-electron chi connectivity index (χ3n) is 2.06. The van der Waals surface area contributed by atoms with Crippen molar-refractivity contribution in [2.45, 2.75) is 39.3 Å². The van der Waals surface area contributed by atoms with Gasteiger partial charge in [0.15, 0.2) is 0 Å². The molecule has 1 rings (SSSR count). The van der Waals surface area contributed by atoms with Gasteiger partial charge in [-0.15, -0.1) is 0 Å². The van der Waals surface area contributed by atoms with E-state index in [9.17, 15) is 8.78 Å². The number of hydrogen-bond donors (Lipinski definition) is 1. The van der Waals surface area contributed by atoms with Crippen molar-refractivity contribution in [1.29, 1.82) is 0 Å². The van der Waals surface area contributed by atoms with Crippen LogP contribution in [0.3, 0.4) is 0 Å². The third kappa shape index (κ3) is 2.29. The molecule has 0 bridgehead atoms. The molecule has 0 saturated heterocycles. The summed E-state index contributed by atoms with van der Waals surface area (Å²) in [4.78, 5) is 0. The average molecular weight is 204 g/mol. The largest absolute Gasteiger partial charge is 0.392 e. The van der Waals surface area contributed by atoms with Gasteiger partial charge in [0.05, 0.1) is 12.8 Å². The van der Waals surface area contributed by atoms with Crippen LogP contribution in [-0.2, 0) is 13.2 Å². The summed E-state index contributed by atoms with van der Waals surface area (Å²) in [6.07, 6.45) is 0.469. The Kier molecular flexibility index (Phi) is 4.00. The highest BCUT2D eigenvalue weighted by atomic mass is 19.3. The van der Waals surface area contributed by atoms with Crippen molar-refractivity contribution in [3.8, 4) is 0 Å². The van der Waals surface area contributed by atoms with Crippen LogP contribution in [0.2, 0.25) is 0 Å². The molecule has 3 nitrogen and oxygen atoms in total. The topological polar surface area (TPSA) is 38.0 Å². The van der Waals surface area contributed by atoms with Crippen molar-refractivity contribution in [2.24, 2.45) is 0 Å². The van der Waals surface area contributed by atoms with Crippen molar-refractivity contribution in [3.05, 3.63) is 17.5 Å². The van der Waals surface area contributed by atoms with E-state index in [2.05, 4.69) is 5.10 Å². The predicted molar refractivity (Wildman–Crippen MR) is 48.0 cm³/mol. The standard InChI is InChI=1S/C9H14F2N2O/c1-2-3-4-13-8(9(10)11)7(6-14)5-12-13/h5,9,14H,2-4,6H2,1H3. The predicted octanol–water partition coefficient (Wildman–Crippen LogP) is 2.11. The van der Waals surface area contributed by atoms with Crippen LogP contribution in [0.15, 0.2) is 6.20 Å². The van der Waals surface area contributed by atoms with E-state index in [0.29, 0.717) is 6.54 Å². The molecule has 0 aliphatic carbocycles. The fourth-order valence-electron chi connectivity index (χ4n) is 1.29. The molecule has 0 aromatic carbocycles. The molecule has 5 heteroatoms. The van der Waals surface area contributed by atoms with Gasteiger partial charge in [0, 0.05) is 12.1 Å². The molecule has 0 amide bonds. The molecule has 0 saturated carbocycles. The summed E-state index contributed by atoms with van der Waals surface area (Å²) < 4.78 is 26.4. The van der Waals surface area contributed by atoms with Crippen LogP contribution in [0, 0.1) is 0 Å². The van der Waals surface area contributed by atoms with Gasteiger partial charge in [0.1, 0.15) is 5.69 Å². The monoisotopic (exact) mass is 204 g/mol. The lowest BCUT2D eigenvalue weighted by Crippen LogP contribution is -2.06. The van der Waals surface area contributed by atoms with Gasteiger partial charge in [-0.2, -0.15) is 5.10 Å². The number of rotatable bonds is 5. The molecular weight excluding hydrogens is 190 g/mol. The van der Waals surface area contributed by atoms with Crippen LogP contribution in [0.4, 0.5) is 8.78 Å². The second-order valence-electron chi connectivity index (χ2n) is 3.09. The van der Waals surface area contributed by atoms with Crippen LogP contribution in [0.5, 0.6) is 0 Å². The summed E-state index contributed by atoms with van der Waals surface area (Å²) in [6.45, 7) is 2.08. The Bertz CT molecular complexity index is 286. The Hall–Kier alpha value is -0.970. The zero-order valence-electron chi connectivity index (χ0n) is 8.08. The number of aryl methyl sites for hydroxylation is 1. The molecule has 0 spiro atoms. The van der Waals surface area contributed by atoms with Gasteiger partial charge in [0.25, 0.3) is 6.43 Å². The molecule has 0 aliphatic rings. The summed E-state index contributed by atoms with van der Waals surface area (Å²) in [5.74, 6) is 0. The first kappa shape index (κ1) is 11.1. The number of nitrogens with zero attached hydrogens (tertiary/aromatic N) is 2. The van der Waals surface area contributed by atoms with E-state index in [1.54, 1.807) is 0 Å². The first-order valence-electron chi connectivity index (χ1n) is 4.64. The van der Waals surface area contributed by atoms with Gasteiger partial charge >= 0.3 is 0 Å². The highest BCUT2D eigenvalue weighted by molar-refractivity contribution is 5.17. The average Bonchev–Trinajstić information content (AvgIpc) is 2.57. The fraction of sp³-hybridized carbons (Fsp3) is 0.667. The SMILES string of the molecule is CCCCn1ncc(CO)c1C(F)F. The number of alkyl halides is 2. The Morgan fingerprint density at radius 1 is 1.57 bits per heavy atom. The molecule has 0 unspecified atom stereocenters. The molecule has 14 heavy (non-hydrogen) atoms. The smallest absolute Gasteiger partial charge is 0.280 e. The maximum absolute atomic E-state index is 12.6. The zero-order chi connectivity index (χ0) is 10.6. The first-order valence-corrected chi connectivity index (χ1v) is 4.64. The number of aliphatic hydroxyl groups is 1. The second-order valence-corrected chi connectivity index (χ2v) is 3.09. The van der Waals surface area contributed by atoms with Crippen LogP contribution in [-0.4, -0.2) is 14.9 Å². The Morgan fingerprint density at radius 2 is 2.29 bits per heavy atom. The van der Waals surface area contributed by atoms with Gasteiger partial charge in [-0.25, -0.2) is 8.78 Å². The van der Waals surface area contributed by atoms with Crippen LogP contribution in [0.25, 0.3) is 0 Å². The summed E-state index contributed by atoms with van der Waals surface area (Å²) in [5, 5.41) is 12.6. The van der Waals surface area contributed by atoms with Crippen molar-refractivity contribution >= 4 is 0 Å². The van der Waals surface area contributed by atoms with E-state index in [1.807, 2.05) is 6.92 Å². The van der Waals surface area contributed by atoms with Gasteiger partial charge in [-0.3, -0.25) is 4.68 Å². The molecule has 0 atom stereocenters. The van der Waals surface area contributed by atoms with Gasteiger partial charge < -0.3 is 5.11 Å². The Balaban J connectivity index is 2.87. The summed E-state index contributed by atoms with van der Waals surface area (Å²) in [7, 11) is 0. The maximum Gasteiger partial charge on any atom is 0.280 e. The van der Waals surface area contributed by atoms with E-state index >= 15 is 0 Å². The fourth-order valence-corrected chi connectivity index (χ4v) is 1.29. The lowest BCUT2D eigenvalue weighted by Gasteiger charge is -2.06. The summed E-state index contributed by atoms with van der Waals surface area (Å²) in [5.41, 5.74) is 0.0667. The van der Waals surface area contributed by atoms with Gasteiger partial charge in [-0.05, 0) is 6.42 Å². The number of halogens is 2. The molecule has 0 fully saturated rings. The zero-order valence-corrected chi connectivity index (χ0v) is 8.08. The van der Waals surface area contributed by atoms with E-state index in [-0.39, 0.29) is 17.9 Å². The number of aromatic nitrogens is 2. The molecular formula is C9H14F2N2O. The molecule has 0 radical (unpaired) electrons. The van der Waals surface area contributed by atoms with E-state index in [1.165, 1.54) is 10.9 Å². The Labute approximate surface area is 81.4 Å². The minimum atomic E-state index is -2.57. The normalized spacial score (nSPS) is 11.2. The van der Waals surface area contributed by atoms with Crippen molar-refractivity contribution in [3.63, 3.8) is 0 Å². The van der Waals surface area contributed by atoms with Crippen LogP contribution < -0.4 is 0 Å². The highest BCUT2D eigenvalue weighted by Gasteiger charge is 2.18. The van der Waals surface area contributed by atoms with Gasteiger partial charge in [-0.1, -0.05) is 13.3 Å². The molecule has 1 aromatic heterocycles. The van der Waals surface area contributed by atoms with Crippen LogP contribution >= 0.6 is 0 Å². The number of hydrogen-bond acceptors (Lipinski definition) is 2. The third-order valence-corrected chi connectivity index (χ3v) is 2.06. The quantitative estimate of drug-likeness (QED) is 0.797. The highest BCUT2D eigenvalue weighted by Crippen LogP contribution is 2.23. The van der Waals surface area contributed by atoms with E-state index < -0.39 is 6.43 Å². The van der Waals surface area contributed by atoms with Crippen molar-refractivity contribution in [2.75, 3.05) is 0 Å². The minimum absolute atomic E-state index is 0.152. The van der Waals surface area contributed by atoms with Gasteiger partial charge in [0.2, 0.25) is 0 Å². The maximum atomic E-state index is 12.6.